The summed E-state index contributed by atoms with van der Waals surface area (Å²) in [5.41, 5.74) is 9.16. The van der Waals surface area contributed by atoms with Crippen LogP contribution in [-0.2, 0) is 15.2 Å². The van der Waals surface area contributed by atoms with Gasteiger partial charge in [0.1, 0.15) is 35.4 Å². The molecule has 1 atom stereocenters. The zero-order valence-corrected chi connectivity index (χ0v) is 23.3. The molecule has 9 nitrogen and oxygen atoms in total. The minimum atomic E-state index is -0.621. The highest BCUT2D eigenvalue weighted by Crippen LogP contribution is 2.42. The van der Waals surface area contributed by atoms with Crippen LogP contribution in [0.4, 0.5) is 11.5 Å². The van der Waals surface area contributed by atoms with Crippen molar-refractivity contribution >= 4 is 34.9 Å². The van der Waals surface area contributed by atoms with Crippen molar-refractivity contribution in [2.75, 3.05) is 18.9 Å². The summed E-state index contributed by atoms with van der Waals surface area (Å²) >= 11 is 7.31. The maximum Gasteiger partial charge on any atom is 0.236 e. The van der Waals surface area contributed by atoms with Gasteiger partial charge in [0, 0.05) is 21.9 Å². The Morgan fingerprint density at radius 3 is 2.58 bits per heavy atom. The molecule has 40 heavy (non-hydrogen) atoms. The number of nitrogens with zero attached hydrogens (tertiary/aromatic N) is 4. The molecule has 0 bridgehead atoms. The molecule has 0 radical (unpaired) electrons. The standard InChI is InChI=1S/C29H24ClN5O4S/c1-29(2)38-14-21(39-29)13-36-20-10-6-17(7-11-20)24-22(12-31)28(35-27(32)25(24)33-3)40-15-23-26(37-16-34-23)18-4-8-19(30)9-5-18/h4-11,16,21H,13-15H2,1-2H3,(H2,32,35)/t21-/m1/s1. The van der Waals surface area contributed by atoms with Crippen LogP contribution in [0.15, 0.2) is 64.4 Å². The van der Waals surface area contributed by atoms with Crippen LogP contribution >= 0.6 is 23.4 Å². The molecule has 1 fully saturated rings. The Morgan fingerprint density at radius 1 is 1.20 bits per heavy atom. The molecule has 0 unspecified atom stereocenters. The molecule has 0 aliphatic carbocycles. The molecule has 4 aromatic rings. The van der Waals surface area contributed by atoms with E-state index in [1.165, 1.54) is 18.2 Å². The third-order valence-electron chi connectivity index (χ3n) is 6.13. The molecule has 202 valence electrons. The number of anilines is 1. The van der Waals surface area contributed by atoms with Gasteiger partial charge >= 0.3 is 0 Å². The van der Waals surface area contributed by atoms with Gasteiger partial charge < -0.3 is 24.4 Å². The Bertz CT molecular complexity index is 1610. The van der Waals surface area contributed by atoms with E-state index in [0.29, 0.717) is 57.3 Å². The van der Waals surface area contributed by atoms with Crippen LogP contribution in [0.5, 0.6) is 5.75 Å². The highest BCUT2D eigenvalue weighted by atomic mass is 35.5. The molecule has 1 aliphatic rings. The predicted molar refractivity (Wildman–Crippen MR) is 152 cm³/mol. The Kier molecular flexibility index (Phi) is 7.97. The molecule has 2 N–H and O–H groups in total. The number of ether oxygens (including phenoxy) is 3. The second-order valence-corrected chi connectivity index (χ2v) is 10.7. The van der Waals surface area contributed by atoms with Gasteiger partial charge in [-0.1, -0.05) is 35.5 Å². The monoisotopic (exact) mass is 573 g/mol. The maximum absolute atomic E-state index is 10.1. The Hall–Kier alpha value is -4.06. The average molecular weight is 574 g/mol. The van der Waals surface area contributed by atoms with Crippen LogP contribution in [0.1, 0.15) is 25.1 Å². The van der Waals surface area contributed by atoms with E-state index >= 15 is 0 Å². The first-order chi connectivity index (χ1) is 19.3. The van der Waals surface area contributed by atoms with Crippen LogP contribution in [0.2, 0.25) is 5.02 Å². The lowest BCUT2D eigenvalue weighted by molar-refractivity contribution is -0.141. The summed E-state index contributed by atoms with van der Waals surface area (Å²) in [7, 11) is 0. The van der Waals surface area contributed by atoms with Gasteiger partial charge in [0.15, 0.2) is 17.9 Å². The first kappa shape index (κ1) is 27.5. The molecule has 5 rings (SSSR count). The van der Waals surface area contributed by atoms with Crippen molar-refractivity contribution in [3.05, 3.63) is 82.6 Å². The van der Waals surface area contributed by atoms with Gasteiger partial charge in [0.05, 0.1) is 24.4 Å². The van der Waals surface area contributed by atoms with Crippen LogP contribution in [0.25, 0.3) is 27.3 Å². The highest BCUT2D eigenvalue weighted by Gasteiger charge is 2.33. The fourth-order valence-electron chi connectivity index (χ4n) is 4.27. The van der Waals surface area contributed by atoms with Crippen molar-refractivity contribution in [3.8, 4) is 34.3 Å². The number of oxazole rings is 1. The van der Waals surface area contributed by atoms with Gasteiger partial charge in [0.2, 0.25) is 5.69 Å². The SMILES string of the molecule is [C-]#[N+]c1c(N)nc(SCc2ncoc2-c2ccc(Cl)cc2)c(C#N)c1-c1ccc(OC[C@@H]2COC(C)(C)O2)cc1. The molecule has 1 aliphatic heterocycles. The number of nitriles is 1. The zero-order chi connectivity index (χ0) is 28.3. The molecule has 0 amide bonds. The lowest BCUT2D eigenvalue weighted by atomic mass is 10.00. The lowest BCUT2D eigenvalue weighted by Crippen LogP contribution is -2.25. The Balaban J connectivity index is 1.38. The van der Waals surface area contributed by atoms with Gasteiger partial charge in [-0.2, -0.15) is 5.26 Å². The second-order valence-electron chi connectivity index (χ2n) is 9.33. The molecule has 1 saturated heterocycles. The van der Waals surface area contributed by atoms with Crippen molar-refractivity contribution in [1.82, 2.24) is 9.97 Å². The second kappa shape index (κ2) is 11.6. The number of pyridine rings is 1. The summed E-state index contributed by atoms with van der Waals surface area (Å²) in [6, 6.07) is 16.6. The molecule has 2 aromatic heterocycles. The van der Waals surface area contributed by atoms with E-state index in [4.69, 9.17) is 42.5 Å². The van der Waals surface area contributed by atoms with Crippen molar-refractivity contribution in [3.63, 3.8) is 0 Å². The first-order valence-corrected chi connectivity index (χ1v) is 13.6. The fraction of sp³-hybridized carbons (Fsp3) is 0.241. The van der Waals surface area contributed by atoms with Crippen molar-refractivity contribution in [1.29, 1.82) is 5.26 Å². The molecule has 0 saturated carbocycles. The summed E-state index contributed by atoms with van der Waals surface area (Å²) in [6.07, 6.45) is 1.20. The largest absolute Gasteiger partial charge is 0.491 e. The maximum atomic E-state index is 10.1. The quantitative estimate of drug-likeness (QED) is 0.177. The van der Waals surface area contributed by atoms with E-state index in [1.807, 2.05) is 26.0 Å². The molecular formula is C29H24ClN5O4S. The van der Waals surface area contributed by atoms with Gasteiger partial charge in [-0.25, -0.2) is 14.8 Å². The van der Waals surface area contributed by atoms with Crippen molar-refractivity contribution < 1.29 is 18.6 Å². The van der Waals surface area contributed by atoms with E-state index in [2.05, 4.69) is 20.9 Å². The Morgan fingerprint density at radius 2 is 1.93 bits per heavy atom. The third kappa shape index (κ3) is 5.91. The fourth-order valence-corrected chi connectivity index (χ4v) is 5.33. The predicted octanol–water partition coefficient (Wildman–Crippen LogP) is 6.88. The number of nitrogens with two attached hydrogens (primary N) is 1. The summed E-state index contributed by atoms with van der Waals surface area (Å²) in [5, 5.41) is 11.2. The van der Waals surface area contributed by atoms with Crippen LogP contribution < -0.4 is 10.5 Å². The minimum Gasteiger partial charge on any atom is -0.491 e. The number of thioether (sulfide) groups is 1. The topological polar surface area (TPSA) is 121 Å². The van der Waals surface area contributed by atoms with Crippen LogP contribution in [0, 0.1) is 17.9 Å². The minimum absolute atomic E-state index is 0.0471. The first-order valence-electron chi connectivity index (χ1n) is 12.2. The molecule has 2 aromatic carbocycles. The number of benzene rings is 2. The van der Waals surface area contributed by atoms with Crippen molar-refractivity contribution in [2.45, 2.75) is 36.5 Å². The number of hydrogen-bond donors (Lipinski definition) is 1. The lowest BCUT2D eigenvalue weighted by Gasteiger charge is -2.17. The number of nitrogen functional groups attached to an aromatic ring is 1. The molecule has 3 heterocycles. The summed E-state index contributed by atoms with van der Waals surface area (Å²) in [4.78, 5) is 12.3. The number of rotatable bonds is 8. The highest BCUT2D eigenvalue weighted by molar-refractivity contribution is 7.98. The number of halogens is 1. The van der Waals surface area contributed by atoms with Crippen LogP contribution in [-0.4, -0.2) is 35.1 Å². The van der Waals surface area contributed by atoms with E-state index in [-0.39, 0.29) is 23.2 Å². The summed E-state index contributed by atoms with van der Waals surface area (Å²) < 4.78 is 22.8. The normalized spacial score (nSPS) is 15.9. The smallest absolute Gasteiger partial charge is 0.236 e. The average Bonchev–Trinajstić information content (AvgIpc) is 3.56. The van der Waals surface area contributed by atoms with E-state index in [0.717, 1.165) is 5.56 Å². The molecule has 0 spiro atoms. The molecular weight excluding hydrogens is 550 g/mol. The van der Waals surface area contributed by atoms with E-state index in [1.54, 1.807) is 36.4 Å². The van der Waals surface area contributed by atoms with Crippen LogP contribution in [0.3, 0.4) is 0 Å². The van der Waals surface area contributed by atoms with Gasteiger partial charge in [0.25, 0.3) is 0 Å². The number of hydrogen-bond acceptors (Lipinski definition) is 9. The summed E-state index contributed by atoms with van der Waals surface area (Å²) in [5.74, 6) is 1.01. The van der Waals surface area contributed by atoms with Gasteiger partial charge in [-0.15, -0.1) is 0 Å². The van der Waals surface area contributed by atoms with E-state index < -0.39 is 5.79 Å². The third-order valence-corrected chi connectivity index (χ3v) is 7.37. The zero-order valence-electron chi connectivity index (χ0n) is 21.7. The van der Waals surface area contributed by atoms with Gasteiger partial charge in [-0.05, 0) is 55.8 Å². The van der Waals surface area contributed by atoms with E-state index in [9.17, 15) is 5.26 Å². The summed E-state index contributed by atoms with van der Waals surface area (Å²) in [6.45, 7) is 12.2. The Labute approximate surface area is 240 Å². The van der Waals surface area contributed by atoms with Crippen molar-refractivity contribution in [2.24, 2.45) is 0 Å². The number of aromatic nitrogens is 2. The molecule has 11 heteroatoms. The van der Waals surface area contributed by atoms with Gasteiger partial charge in [-0.3, -0.25) is 0 Å².